The first-order chi connectivity index (χ1) is 6.25. The average Bonchev–Trinajstić information content (AvgIpc) is 2.44. The van der Waals surface area contributed by atoms with Crippen LogP contribution in [0, 0.1) is 5.92 Å². The Morgan fingerprint density at radius 3 is 2.77 bits per heavy atom. The normalized spacial score (nSPS) is 11.3. The van der Waals surface area contributed by atoms with Crippen molar-refractivity contribution in [1.29, 1.82) is 0 Å². The Labute approximate surface area is 78.2 Å². The molecular weight excluding hydrogens is 160 g/mol. The maximum Gasteiger partial charge on any atom is 0.0923 e. The lowest BCUT2D eigenvalue weighted by Gasteiger charge is -2.02. The van der Waals surface area contributed by atoms with Crippen molar-refractivity contribution < 1.29 is 0 Å². The molecule has 2 heteroatoms. The minimum absolute atomic E-state index is 0.648. The van der Waals surface area contributed by atoms with Crippen LogP contribution in [-0.4, -0.2) is 9.78 Å². The SMILES string of the molecule is CC(C)Cn1cc2ccccc2n1. The van der Waals surface area contributed by atoms with Crippen LogP contribution in [0.4, 0.5) is 0 Å². The highest BCUT2D eigenvalue weighted by Gasteiger charge is 2.00. The molecule has 0 N–H and O–H groups in total. The molecule has 13 heavy (non-hydrogen) atoms. The summed E-state index contributed by atoms with van der Waals surface area (Å²) in [6.45, 7) is 5.40. The summed E-state index contributed by atoms with van der Waals surface area (Å²) in [6.07, 6.45) is 2.11. The molecule has 0 saturated carbocycles. The highest BCUT2D eigenvalue weighted by Crippen LogP contribution is 2.11. The molecule has 0 amide bonds. The lowest BCUT2D eigenvalue weighted by molar-refractivity contribution is 0.486. The van der Waals surface area contributed by atoms with Crippen molar-refractivity contribution in [2.24, 2.45) is 5.92 Å². The molecule has 0 atom stereocenters. The molecule has 1 aromatic carbocycles. The summed E-state index contributed by atoms with van der Waals surface area (Å²) in [7, 11) is 0. The molecule has 2 rings (SSSR count). The first-order valence-electron chi connectivity index (χ1n) is 4.68. The van der Waals surface area contributed by atoms with Crippen LogP contribution in [0.15, 0.2) is 30.5 Å². The van der Waals surface area contributed by atoms with Gasteiger partial charge in [0.05, 0.1) is 5.52 Å². The first-order valence-corrected chi connectivity index (χ1v) is 4.68. The number of hydrogen-bond donors (Lipinski definition) is 0. The summed E-state index contributed by atoms with van der Waals surface area (Å²) in [6, 6.07) is 8.21. The van der Waals surface area contributed by atoms with Crippen molar-refractivity contribution in [2.45, 2.75) is 20.4 Å². The molecule has 0 aliphatic heterocycles. The highest BCUT2D eigenvalue weighted by atomic mass is 15.3. The van der Waals surface area contributed by atoms with E-state index in [0.29, 0.717) is 5.92 Å². The minimum atomic E-state index is 0.648. The largest absolute Gasteiger partial charge is 0.271 e. The molecule has 0 fully saturated rings. The summed E-state index contributed by atoms with van der Waals surface area (Å²) >= 11 is 0. The van der Waals surface area contributed by atoms with Gasteiger partial charge in [-0.3, -0.25) is 4.68 Å². The van der Waals surface area contributed by atoms with E-state index in [1.165, 1.54) is 5.39 Å². The van der Waals surface area contributed by atoms with Crippen LogP contribution in [0.1, 0.15) is 13.8 Å². The predicted molar refractivity (Wildman–Crippen MR) is 54.6 cm³/mol. The van der Waals surface area contributed by atoms with Gasteiger partial charge in [-0.2, -0.15) is 5.10 Å². The number of aromatic nitrogens is 2. The van der Waals surface area contributed by atoms with Gasteiger partial charge in [0.2, 0.25) is 0 Å². The molecule has 68 valence electrons. The van der Waals surface area contributed by atoms with Gasteiger partial charge in [-0.25, -0.2) is 0 Å². The van der Waals surface area contributed by atoms with Gasteiger partial charge in [0.15, 0.2) is 0 Å². The van der Waals surface area contributed by atoms with Crippen LogP contribution in [0.25, 0.3) is 10.9 Å². The lowest BCUT2D eigenvalue weighted by Crippen LogP contribution is -2.04. The van der Waals surface area contributed by atoms with Crippen molar-refractivity contribution in [3.8, 4) is 0 Å². The summed E-state index contributed by atoms with van der Waals surface area (Å²) in [5.74, 6) is 0.648. The molecule has 0 aliphatic carbocycles. The zero-order valence-corrected chi connectivity index (χ0v) is 8.07. The molecule has 1 aromatic heterocycles. The van der Waals surface area contributed by atoms with Gasteiger partial charge in [0.1, 0.15) is 0 Å². The van der Waals surface area contributed by atoms with Crippen molar-refractivity contribution in [1.82, 2.24) is 9.78 Å². The summed E-state index contributed by atoms with van der Waals surface area (Å²) in [4.78, 5) is 0. The zero-order chi connectivity index (χ0) is 9.26. The van der Waals surface area contributed by atoms with Gasteiger partial charge in [0.25, 0.3) is 0 Å². The second kappa shape index (κ2) is 3.21. The molecular formula is C11H14N2. The van der Waals surface area contributed by atoms with Gasteiger partial charge in [-0.1, -0.05) is 32.0 Å². The molecule has 0 unspecified atom stereocenters. The fraction of sp³-hybridized carbons (Fsp3) is 0.364. The Balaban J connectivity index is 2.38. The van der Waals surface area contributed by atoms with Gasteiger partial charge in [-0.05, 0) is 12.0 Å². The molecule has 0 aliphatic rings. The summed E-state index contributed by atoms with van der Waals surface area (Å²) in [5.41, 5.74) is 1.09. The van der Waals surface area contributed by atoms with Crippen molar-refractivity contribution >= 4 is 10.9 Å². The van der Waals surface area contributed by atoms with Crippen LogP contribution >= 0.6 is 0 Å². The minimum Gasteiger partial charge on any atom is -0.271 e. The molecule has 0 spiro atoms. The van der Waals surface area contributed by atoms with Crippen LogP contribution in [0.5, 0.6) is 0 Å². The van der Waals surface area contributed by atoms with Gasteiger partial charge >= 0.3 is 0 Å². The third-order valence-corrected chi connectivity index (χ3v) is 2.01. The molecule has 0 saturated heterocycles. The summed E-state index contributed by atoms with van der Waals surface area (Å²) < 4.78 is 2.02. The summed E-state index contributed by atoms with van der Waals surface area (Å²) in [5, 5.41) is 5.69. The van der Waals surface area contributed by atoms with E-state index in [1.807, 2.05) is 22.9 Å². The molecule has 0 radical (unpaired) electrons. The fourth-order valence-corrected chi connectivity index (χ4v) is 1.48. The Morgan fingerprint density at radius 1 is 1.31 bits per heavy atom. The molecule has 1 heterocycles. The number of benzene rings is 1. The monoisotopic (exact) mass is 174 g/mol. The van der Waals surface area contributed by atoms with Crippen LogP contribution < -0.4 is 0 Å². The van der Waals surface area contributed by atoms with Crippen LogP contribution in [0.3, 0.4) is 0 Å². The van der Waals surface area contributed by atoms with E-state index in [-0.39, 0.29) is 0 Å². The number of rotatable bonds is 2. The highest BCUT2D eigenvalue weighted by molar-refractivity contribution is 5.77. The quantitative estimate of drug-likeness (QED) is 0.684. The maximum absolute atomic E-state index is 4.47. The number of nitrogens with zero attached hydrogens (tertiary/aromatic N) is 2. The van der Waals surface area contributed by atoms with Crippen molar-refractivity contribution in [3.63, 3.8) is 0 Å². The predicted octanol–water partition coefficient (Wildman–Crippen LogP) is 2.69. The van der Waals surface area contributed by atoms with E-state index < -0.39 is 0 Å². The zero-order valence-electron chi connectivity index (χ0n) is 8.07. The smallest absolute Gasteiger partial charge is 0.0923 e. The second-order valence-electron chi connectivity index (χ2n) is 3.80. The third kappa shape index (κ3) is 1.72. The van der Waals surface area contributed by atoms with E-state index in [2.05, 4.69) is 31.2 Å². The van der Waals surface area contributed by atoms with Crippen LogP contribution in [-0.2, 0) is 6.54 Å². The van der Waals surface area contributed by atoms with E-state index >= 15 is 0 Å². The van der Waals surface area contributed by atoms with Crippen molar-refractivity contribution in [2.75, 3.05) is 0 Å². The van der Waals surface area contributed by atoms with E-state index in [0.717, 1.165) is 12.1 Å². The Morgan fingerprint density at radius 2 is 2.08 bits per heavy atom. The van der Waals surface area contributed by atoms with Crippen LogP contribution in [0.2, 0.25) is 0 Å². The number of hydrogen-bond acceptors (Lipinski definition) is 1. The van der Waals surface area contributed by atoms with E-state index in [4.69, 9.17) is 0 Å². The van der Waals surface area contributed by atoms with Gasteiger partial charge < -0.3 is 0 Å². The van der Waals surface area contributed by atoms with Gasteiger partial charge in [-0.15, -0.1) is 0 Å². The average molecular weight is 174 g/mol. The number of fused-ring (bicyclic) bond motifs is 1. The molecule has 2 aromatic rings. The standard InChI is InChI=1S/C11H14N2/c1-9(2)7-13-8-10-5-3-4-6-11(10)12-13/h3-6,8-9H,7H2,1-2H3. The molecule has 0 bridgehead atoms. The van der Waals surface area contributed by atoms with E-state index in [1.54, 1.807) is 0 Å². The Kier molecular flexibility index (Phi) is 2.05. The Bertz CT molecular complexity index is 368. The third-order valence-electron chi connectivity index (χ3n) is 2.01. The second-order valence-corrected chi connectivity index (χ2v) is 3.80. The first kappa shape index (κ1) is 8.30. The molecule has 2 nitrogen and oxygen atoms in total. The Hall–Kier alpha value is -1.31. The van der Waals surface area contributed by atoms with E-state index in [9.17, 15) is 0 Å². The maximum atomic E-state index is 4.47. The topological polar surface area (TPSA) is 17.8 Å². The van der Waals surface area contributed by atoms with Gasteiger partial charge in [0, 0.05) is 18.1 Å². The van der Waals surface area contributed by atoms with Crippen molar-refractivity contribution in [3.05, 3.63) is 30.5 Å². The fourth-order valence-electron chi connectivity index (χ4n) is 1.48. The lowest BCUT2D eigenvalue weighted by atomic mass is 10.2.